The highest BCUT2D eigenvalue weighted by Crippen LogP contribution is 2.16. The Bertz CT molecular complexity index is 528. The third-order valence-corrected chi connectivity index (χ3v) is 2.81. The van der Waals surface area contributed by atoms with E-state index in [9.17, 15) is 4.79 Å². The van der Waals surface area contributed by atoms with Crippen LogP contribution in [-0.2, 0) is 5.75 Å². The lowest BCUT2D eigenvalue weighted by Crippen LogP contribution is -2.05. The van der Waals surface area contributed by atoms with Gasteiger partial charge < -0.3 is 4.98 Å². The smallest absolute Gasteiger partial charge is 0.251 e. The first kappa shape index (κ1) is 11.1. The van der Waals surface area contributed by atoms with Gasteiger partial charge in [0.1, 0.15) is 0 Å². The zero-order valence-corrected chi connectivity index (χ0v) is 9.63. The van der Waals surface area contributed by atoms with E-state index in [4.69, 9.17) is 11.6 Å². The van der Waals surface area contributed by atoms with Crippen molar-refractivity contribution >= 4 is 23.4 Å². The lowest BCUT2D eigenvalue weighted by atomic mass is 10.4. The van der Waals surface area contributed by atoms with Gasteiger partial charge in [0.05, 0.1) is 5.69 Å². The van der Waals surface area contributed by atoms with Crippen molar-refractivity contribution in [3.63, 3.8) is 0 Å². The molecule has 0 aliphatic rings. The first-order valence-electron chi connectivity index (χ1n) is 4.40. The fourth-order valence-electron chi connectivity index (χ4n) is 0.988. The maximum atomic E-state index is 11.0. The first-order valence-corrected chi connectivity index (χ1v) is 5.76. The highest BCUT2D eigenvalue weighted by molar-refractivity contribution is 7.98. The molecule has 5 nitrogen and oxygen atoms in total. The number of aromatic nitrogens is 4. The fourth-order valence-corrected chi connectivity index (χ4v) is 1.84. The van der Waals surface area contributed by atoms with Crippen LogP contribution in [0.2, 0.25) is 5.15 Å². The number of hydrogen-bond donors (Lipinski definition) is 1. The van der Waals surface area contributed by atoms with E-state index in [1.54, 1.807) is 12.1 Å². The Morgan fingerprint density at radius 2 is 2.19 bits per heavy atom. The minimum absolute atomic E-state index is 0.167. The summed E-state index contributed by atoms with van der Waals surface area (Å²) >= 11 is 6.99. The van der Waals surface area contributed by atoms with Crippen LogP contribution in [-0.4, -0.2) is 20.2 Å². The van der Waals surface area contributed by atoms with Gasteiger partial charge in [0, 0.05) is 18.0 Å². The van der Waals surface area contributed by atoms with Crippen molar-refractivity contribution in [2.75, 3.05) is 0 Å². The van der Waals surface area contributed by atoms with Crippen molar-refractivity contribution < 1.29 is 0 Å². The zero-order valence-electron chi connectivity index (χ0n) is 8.05. The van der Waals surface area contributed by atoms with E-state index in [1.807, 2.05) is 0 Å². The summed E-state index contributed by atoms with van der Waals surface area (Å²) < 4.78 is 0. The molecule has 0 unspecified atom stereocenters. The highest BCUT2D eigenvalue weighted by Gasteiger charge is 2.00. The van der Waals surface area contributed by atoms with Crippen molar-refractivity contribution in [1.29, 1.82) is 0 Å². The van der Waals surface area contributed by atoms with Gasteiger partial charge in [-0.3, -0.25) is 4.79 Å². The van der Waals surface area contributed by atoms with Gasteiger partial charge in [-0.05, 0) is 12.1 Å². The molecule has 0 fully saturated rings. The summed E-state index contributed by atoms with van der Waals surface area (Å²) in [6, 6.07) is 4.82. The molecule has 0 aliphatic heterocycles. The molecular formula is C9H7ClN4OS. The summed E-state index contributed by atoms with van der Waals surface area (Å²) in [6.07, 6.45) is 1.47. The average molecular weight is 255 g/mol. The van der Waals surface area contributed by atoms with Gasteiger partial charge in [-0.25, -0.2) is 4.98 Å². The van der Waals surface area contributed by atoms with Crippen LogP contribution in [0.1, 0.15) is 5.69 Å². The summed E-state index contributed by atoms with van der Waals surface area (Å²) in [7, 11) is 0. The fraction of sp³-hybridized carbons (Fsp3) is 0.111. The van der Waals surface area contributed by atoms with Crippen LogP contribution in [0.4, 0.5) is 0 Å². The minimum Gasteiger partial charge on any atom is -0.301 e. The Labute approximate surface area is 100 Å². The second kappa shape index (κ2) is 5.09. The molecule has 2 aromatic heterocycles. The Morgan fingerprint density at radius 3 is 2.88 bits per heavy atom. The Balaban J connectivity index is 2.02. The van der Waals surface area contributed by atoms with Crippen LogP contribution in [0.5, 0.6) is 0 Å². The summed E-state index contributed by atoms with van der Waals surface area (Å²) in [5, 5.41) is 8.53. The van der Waals surface area contributed by atoms with Crippen molar-refractivity contribution in [2.24, 2.45) is 0 Å². The number of hydrogen-bond acceptors (Lipinski definition) is 5. The highest BCUT2D eigenvalue weighted by atomic mass is 35.5. The van der Waals surface area contributed by atoms with Crippen LogP contribution in [0, 0.1) is 0 Å². The minimum atomic E-state index is -0.167. The standard InChI is InChI=1S/C9H7ClN4OS/c10-7-2-1-6(13-14-7)5-16-9-11-4-3-8(15)12-9/h1-4H,5H2,(H,11,12,15). The maximum absolute atomic E-state index is 11.0. The predicted molar refractivity (Wildman–Crippen MR) is 61.5 cm³/mol. The summed E-state index contributed by atoms with van der Waals surface area (Å²) in [5.41, 5.74) is 0.612. The van der Waals surface area contributed by atoms with Gasteiger partial charge in [-0.1, -0.05) is 23.4 Å². The SMILES string of the molecule is O=c1ccnc(SCc2ccc(Cl)nn2)[nH]1. The molecule has 0 aromatic carbocycles. The summed E-state index contributed by atoms with van der Waals surface area (Å²) in [4.78, 5) is 17.6. The molecule has 2 aromatic rings. The molecule has 0 atom stereocenters. The molecule has 0 spiro atoms. The van der Waals surface area contributed by atoms with Crippen molar-refractivity contribution in [2.45, 2.75) is 10.9 Å². The number of H-pyrrole nitrogens is 1. The Kier molecular flexibility index (Phi) is 3.53. The van der Waals surface area contributed by atoms with Crippen LogP contribution in [0.15, 0.2) is 34.3 Å². The molecule has 7 heteroatoms. The Morgan fingerprint density at radius 1 is 1.31 bits per heavy atom. The second-order valence-electron chi connectivity index (χ2n) is 2.88. The quantitative estimate of drug-likeness (QED) is 0.664. The van der Waals surface area contributed by atoms with E-state index in [0.717, 1.165) is 5.69 Å². The van der Waals surface area contributed by atoms with Crippen LogP contribution in [0.25, 0.3) is 0 Å². The summed E-state index contributed by atoms with van der Waals surface area (Å²) in [5.74, 6) is 0.580. The number of halogens is 1. The van der Waals surface area contributed by atoms with E-state index in [1.165, 1.54) is 24.0 Å². The van der Waals surface area contributed by atoms with E-state index in [0.29, 0.717) is 16.1 Å². The van der Waals surface area contributed by atoms with Gasteiger partial charge in [0.25, 0.3) is 5.56 Å². The molecular weight excluding hydrogens is 248 g/mol. The second-order valence-corrected chi connectivity index (χ2v) is 4.23. The molecule has 2 rings (SSSR count). The molecule has 0 amide bonds. The number of rotatable bonds is 3. The van der Waals surface area contributed by atoms with Crippen molar-refractivity contribution in [3.8, 4) is 0 Å². The van der Waals surface area contributed by atoms with Gasteiger partial charge in [-0.2, -0.15) is 5.10 Å². The largest absolute Gasteiger partial charge is 0.301 e. The molecule has 16 heavy (non-hydrogen) atoms. The number of thioether (sulfide) groups is 1. The number of nitrogens with one attached hydrogen (secondary N) is 1. The lowest BCUT2D eigenvalue weighted by molar-refractivity contribution is 0.928. The van der Waals surface area contributed by atoms with Gasteiger partial charge >= 0.3 is 0 Å². The van der Waals surface area contributed by atoms with E-state index in [2.05, 4.69) is 20.2 Å². The lowest BCUT2D eigenvalue weighted by Gasteiger charge is -1.99. The average Bonchev–Trinajstić information content (AvgIpc) is 2.28. The molecule has 0 saturated heterocycles. The van der Waals surface area contributed by atoms with Crippen LogP contribution >= 0.6 is 23.4 Å². The monoisotopic (exact) mass is 254 g/mol. The van der Waals surface area contributed by atoms with Crippen LogP contribution < -0.4 is 5.56 Å². The zero-order chi connectivity index (χ0) is 11.4. The molecule has 0 aliphatic carbocycles. The van der Waals surface area contributed by atoms with Crippen molar-refractivity contribution in [1.82, 2.24) is 20.2 Å². The van der Waals surface area contributed by atoms with Gasteiger partial charge in [-0.15, -0.1) is 5.10 Å². The maximum Gasteiger partial charge on any atom is 0.251 e. The normalized spacial score (nSPS) is 10.3. The summed E-state index contributed by atoms with van der Waals surface area (Å²) in [6.45, 7) is 0. The predicted octanol–water partition coefficient (Wildman–Crippen LogP) is 1.51. The van der Waals surface area contributed by atoms with Crippen molar-refractivity contribution in [3.05, 3.63) is 45.6 Å². The molecule has 0 bridgehead atoms. The first-order chi connectivity index (χ1) is 7.74. The number of nitrogens with zero attached hydrogens (tertiary/aromatic N) is 3. The molecule has 2 heterocycles. The third-order valence-electron chi connectivity index (χ3n) is 1.69. The third kappa shape index (κ3) is 3.04. The molecule has 1 N–H and O–H groups in total. The molecule has 0 saturated carbocycles. The topological polar surface area (TPSA) is 71.5 Å². The van der Waals surface area contributed by atoms with Gasteiger partial charge in [0.2, 0.25) is 0 Å². The van der Waals surface area contributed by atoms with E-state index >= 15 is 0 Å². The van der Waals surface area contributed by atoms with Gasteiger partial charge in [0.15, 0.2) is 10.3 Å². The van der Waals surface area contributed by atoms with E-state index in [-0.39, 0.29) is 5.56 Å². The Hall–Kier alpha value is -1.40. The number of aromatic amines is 1. The van der Waals surface area contributed by atoms with E-state index < -0.39 is 0 Å². The van der Waals surface area contributed by atoms with Crippen LogP contribution in [0.3, 0.4) is 0 Å². The molecule has 82 valence electrons. The molecule has 0 radical (unpaired) electrons.